The Kier molecular flexibility index (Phi) is 12.5. The molecule has 0 unspecified atom stereocenters. The first-order valence-electron chi connectivity index (χ1n) is 19.7. The summed E-state index contributed by atoms with van der Waals surface area (Å²) in [6.45, 7) is 6.80. The Bertz CT molecular complexity index is 2220. The monoisotopic (exact) mass is 777 g/mol. The third-order valence-corrected chi connectivity index (χ3v) is 11.0. The molecule has 3 saturated heterocycles. The molecule has 0 spiro atoms. The molecule has 14 heteroatoms. The number of carbonyl (C=O) groups excluding carboxylic acids is 2. The molecular formula is C43H51N7O7. The second-order valence-electron chi connectivity index (χ2n) is 14.8. The standard InChI is InChI=1S/C43H51N7O7/c1-3-50(20-8-19-44-25-37(52)33-13-15-36(51)41-34(33)14-16-39(53)45-41)42(54)35-24-31(47-48(35)2)27-56-32-12-7-11-30(23-32)40(29-9-5-4-6-10-29)46-43(55)57-38-26-49-21-17-28(38)18-22-49/h4-7,9-16,23-24,28,37-38,40,44,51-52H,3,8,17-22,25-27H2,1-2H3,(H,45,53)(H,46,55)/t37-,38-,40-/m0/s1. The highest BCUT2D eigenvalue weighted by Crippen LogP contribution is 2.31. The zero-order valence-electron chi connectivity index (χ0n) is 32.4. The van der Waals surface area contributed by atoms with Gasteiger partial charge in [0, 0.05) is 44.7 Å². The van der Waals surface area contributed by atoms with E-state index in [4.69, 9.17) is 9.47 Å². The van der Waals surface area contributed by atoms with E-state index in [2.05, 4.69) is 25.6 Å². The predicted molar refractivity (Wildman–Crippen MR) is 215 cm³/mol. The lowest BCUT2D eigenvalue weighted by atomic mass is 9.86. The Morgan fingerprint density at radius 2 is 1.81 bits per heavy atom. The van der Waals surface area contributed by atoms with E-state index in [9.17, 15) is 24.6 Å². The van der Waals surface area contributed by atoms with Crippen LogP contribution in [0.15, 0.2) is 89.7 Å². The summed E-state index contributed by atoms with van der Waals surface area (Å²) in [5.74, 6) is 0.800. The fourth-order valence-electron chi connectivity index (χ4n) is 7.94. The topological polar surface area (TPSA) is 174 Å². The first-order chi connectivity index (χ1) is 27.7. The van der Waals surface area contributed by atoms with Crippen LogP contribution in [-0.4, -0.2) is 98.7 Å². The molecule has 3 fully saturated rings. The number of fused-ring (bicyclic) bond motifs is 4. The summed E-state index contributed by atoms with van der Waals surface area (Å²) >= 11 is 0. The van der Waals surface area contributed by atoms with Gasteiger partial charge in [-0.2, -0.15) is 5.10 Å². The maximum Gasteiger partial charge on any atom is 0.408 e. The summed E-state index contributed by atoms with van der Waals surface area (Å²) in [5.41, 5.74) is 3.35. The smallest absolute Gasteiger partial charge is 0.408 e. The molecule has 0 aliphatic carbocycles. The molecule has 57 heavy (non-hydrogen) atoms. The third kappa shape index (κ3) is 9.47. The molecule has 2 amide bonds. The van der Waals surface area contributed by atoms with Crippen molar-refractivity contribution in [3.63, 3.8) is 0 Å². The van der Waals surface area contributed by atoms with Crippen LogP contribution in [0.3, 0.4) is 0 Å². The number of phenols is 1. The lowest BCUT2D eigenvalue weighted by Crippen LogP contribution is -2.52. The Morgan fingerprint density at radius 1 is 1.02 bits per heavy atom. The summed E-state index contributed by atoms with van der Waals surface area (Å²) in [6.07, 6.45) is 1.36. The van der Waals surface area contributed by atoms with Crippen LogP contribution < -0.4 is 20.9 Å². The number of nitrogens with one attached hydrogen (secondary N) is 3. The maximum absolute atomic E-state index is 13.6. The van der Waals surface area contributed by atoms with Crippen LogP contribution in [0.5, 0.6) is 11.5 Å². The van der Waals surface area contributed by atoms with Crippen LogP contribution >= 0.6 is 0 Å². The molecular weight excluding hydrogens is 727 g/mol. The summed E-state index contributed by atoms with van der Waals surface area (Å²) in [4.78, 5) is 45.3. The lowest BCUT2D eigenvalue weighted by molar-refractivity contribution is -0.0336. The molecule has 8 rings (SSSR count). The van der Waals surface area contributed by atoms with Crippen LogP contribution in [0.2, 0.25) is 0 Å². The highest BCUT2D eigenvalue weighted by atomic mass is 16.6. The number of hydrogen-bond acceptors (Lipinski definition) is 10. The van der Waals surface area contributed by atoms with Gasteiger partial charge in [0.1, 0.15) is 35.6 Å². The number of aryl methyl sites for hydroxylation is 1. The van der Waals surface area contributed by atoms with Crippen molar-refractivity contribution in [1.82, 2.24) is 35.2 Å². The molecule has 5 heterocycles. The number of aliphatic hydroxyl groups excluding tert-OH is 1. The summed E-state index contributed by atoms with van der Waals surface area (Å²) in [6, 6.07) is 24.7. The number of nitrogens with zero attached hydrogens (tertiary/aromatic N) is 4. The largest absolute Gasteiger partial charge is 0.506 e. The molecule has 3 aliphatic rings. The molecule has 14 nitrogen and oxygen atoms in total. The molecule has 3 aromatic carbocycles. The molecule has 300 valence electrons. The fraction of sp³-hybridized carbons (Fsp3) is 0.395. The number of rotatable bonds is 16. The Labute approximate surface area is 331 Å². The van der Waals surface area contributed by atoms with Gasteiger partial charge in [0.15, 0.2) is 0 Å². The quantitative estimate of drug-likeness (QED) is 0.0890. The Balaban J connectivity index is 0.919. The normalized spacial score (nSPS) is 18.5. The van der Waals surface area contributed by atoms with Crippen molar-refractivity contribution in [2.75, 3.05) is 45.8 Å². The van der Waals surface area contributed by atoms with E-state index in [0.29, 0.717) is 60.1 Å². The maximum atomic E-state index is 13.6. The van der Waals surface area contributed by atoms with Crippen molar-refractivity contribution in [1.29, 1.82) is 0 Å². The SMILES string of the molecule is CCN(CCCNC[C@H](O)c1ccc(O)c2[nH]c(=O)ccc12)C(=O)c1cc(COc2cccc([C@@H](NC(=O)O[C@H]3CN4CCC3CC4)c3ccccc3)c2)nn1C. The highest BCUT2D eigenvalue weighted by Gasteiger charge is 2.37. The first kappa shape index (κ1) is 39.5. The minimum atomic E-state index is -0.870. The van der Waals surface area contributed by atoms with Gasteiger partial charge in [0.2, 0.25) is 5.56 Å². The highest BCUT2D eigenvalue weighted by molar-refractivity contribution is 5.92. The van der Waals surface area contributed by atoms with Gasteiger partial charge in [-0.25, -0.2) is 4.79 Å². The van der Waals surface area contributed by atoms with E-state index in [1.54, 1.807) is 34.8 Å². The average molecular weight is 778 g/mol. The van der Waals surface area contributed by atoms with Crippen molar-refractivity contribution < 1.29 is 29.3 Å². The zero-order chi connectivity index (χ0) is 39.9. The minimum Gasteiger partial charge on any atom is -0.506 e. The van der Waals surface area contributed by atoms with Gasteiger partial charge in [0.25, 0.3) is 5.91 Å². The van der Waals surface area contributed by atoms with Gasteiger partial charge >= 0.3 is 6.09 Å². The molecule has 3 atom stereocenters. The minimum absolute atomic E-state index is 0.0599. The average Bonchev–Trinajstić information content (AvgIpc) is 3.61. The molecule has 3 aliphatic heterocycles. The number of benzene rings is 3. The lowest BCUT2D eigenvalue weighted by Gasteiger charge is -2.43. The third-order valence-electron chi connectivity index (χ3n) is 11.0. The second kappa shape index (κ2) is 18.0. The predicted octanol–water partition coefficient (Wildman–Crippen LogP) is 4.63. The van der Waals surface area contributed by atoms with E-state index >= 15 is 0 Å². The number of pyridine rings is 1. The molecule has 2 bridgehead atoms. The van der Waals surface area contributed by atoms with E-state index in [0.717, 1.165) is 43.6 Å². The number of aromatic amines is 1. The van der Waals surface area contributed by atoms with Crippen molar-refractivity contribution in [2.45, 2.75) is 51.0 Å². The Hall–Kier alpha value is -5.70. The number of aromatic hydroxyl groups is 1. The van der Waals surface area contributed by atoms with Crippen molar-refractivity contribution in [2.24, 2.45) is 13.0 Å². The van der Waals surface area contributed by atoms with Crippen molar-refractivity contribution in [3.8, 4) is 11.5 Å². The number of alkyl carbamates (subject to hydrolysis) is 1. The molecule has 5 N–H and O–H groups in total. The van der Waals surface area contributed by atoms with E-state index in [1.165, 1.54) is 12.1 Å². The van der Waals surface area contributed by atoms with Crippen LogP contribution in [0.4, 0.5) is 4.79 Å². The van der Waals surface area contributed by atoms with Crippen molar-refractivity contribution in [3.05, 3.63) is 123 Å². The molecule has 5 aromatic rings. The fourth-order valence-corrected chi connectivity index (χ4v) is 7.94. The van der Waals surface area contributed by atoms with E-state index in [-0.39, 0.29) is 42.0 Å². The van der Waals surface area contributed by atoms with Crippen LogP contribution in [0.1, 0.15) is 71.2 Å². The van der Waals surface area contributed by atoms with Gasteiger partial charge in [-0.3, -0.25) is 19.2 Å². The number of ether oxygens (including phenoxy) is 2. The van der Waals surface area contributed by atoms with E-state index in [1.807, 2.05) is 61.5 Å². The number of piperidine rings is 3. The van der Waals surface area contributed by atoms with Crippen LogP contribution in [0.25, 0.3) is 10.9 Å². The molecule has 0 radical (unpaired) electrons. The van der Waals surface area contributed by atoms with E-state index < -0.39 is 18.2 Å². The first-order valence-corrected chi connectivity index (χ1v) is 19.7. The van der Waals surface area contributed by atoms with Crippen molar-refractivity contribution >= 4 is 22.9 Å². The summed E-state index contributed by atoms with van der Waals surface area (Å²) in [7, 11) is 1.74. The van der Waals surface area contributed by atoms with Gasteiger partial charge in [-0.05, 0) is 98.8 Å². The van der Waals surface area contributed by atoms with Crippen LogP contribution in [-0.2, 0) is 18.4 Å². The number of hydrogen-bond donors (Lipinski definition) is 5. The number of aromatic nitrogens is 3. The number of carbonyl (C=O) groups is 2. The van der Waals surface area contributed by atoms with Gasteiger partial charge in [-0.1, -0.05) is 48.5 Å². The summed E-state index contributed by atoms with van der Waals surface area (Å²) < 4.78 is 13.7. The second-order valence-corrected chi connectivity index (χ2v) is 14.8. The zero-order valence-corrected chi connectivity index (χ0v) is 32.4. The number of H-pyrrole nitrogens is 1. The Morgan fingerprint density at radius 3 is 2.56 bits per heavy atom. The molecule has 2 aromatic heterocycles. The van der Waals surface area contributed by atoms with Gasteiger partial charge < -0.3 is 40.2 Å². The van der Waals surface area contributed by atoms with Gasteiger partial charge in [0.05, 0.1) is 17.7 Å². The number of amides is 2. The number of aliphatic hydroxyl groups is 1. The summed E-state index contributed by atoms with van der Waals surface area (Å²) in [5, 5.41) is 32.5. The van der Waals surface area contributed by atoms with Crippen LogP contribution in [0, 0.1) is 5.92 Å². The molecule has 0 saturated carbocycles. The number of phenolic OH excluding ortho intramolecular Hbond substituents is 1. The van der Waals surface area contributed by atoms with Gasteiger partial charge in [-0.15, -0.1) is 0 Å².